The summed E-state index contributed by atoms with van der Waals surface area (Å²) in [5.41, 5.74) is 0. The summed E-state index contributed by atoms with van der Waals surface area (Å²) in [7, 11) is 1.82. The lowest BCUT2D eigenvalue weighted by Gasteiger charge is -2.44. The third-order valence-corrected chi connectivity index (χ3v) is 4.38. The molecule has 0 aromatic carbocycles. The van der Waals surface area contributed by atoms with Crippen LogP contribution in [0.4, 0.5) is 0 Å². The van der Waals surface area contributed by atoms with Gasteiger partial charge in [-0.3, -0.25) is 4.90 Å². The number of fused-ring (bicyclic) bond motifs is 2. The van der Waals surface area contributed by atoms with Crippen molar-refractivity contribution in [1.82, 2.24) is 10.2 Å². The second kappa shape index (κ2) is 6.72. The number of likely N-dealkylation sites (N-methyl/N-ethyl adjacent to an activating group) is 1. The van der Waals surface area contributed by atoms with Gasteiger partial charge in [-0.15, -0.1) is 0 Å². The number of piperidine rings is 1. The first kappa shape index (κ1) is 13.3. The summed E-state index contributed by atoms with van der Waals surface area (Å²) in [6.45, 7) is 7.78. The fourth-order valence-corrected chi connectivity index (χ4v) is 3.57. The van der Waals surface area contributed by atoms with Crippen LogP contribution in [0.3, 0.4) is 0 Å². The molecule has 2 fully saturated rings. The van der Waals surface area contributed by atoms with Gasteiger partial charge in [0.2, 0.25) is 0 Å². The number of nitrogens with one attached hydrogen (secondary N) is 1. The van der Waals surface area contributed by atoms with E-state index in [1.165, 1.54) is 38.8 Å². The molecule has 1 saturated carbocycles. The van der Waals surface area contributed by atoms with E-state index in [-0.39, 0.29) is 0 Å². The first-order chi connectivity index (χ1) is 8.33. The quantitative estimate of drug-likeness (QED) is 0.765. The van der Waals surface area contributed by atoms with Gasteiger partial charge in [-0.1, -0.05) is 13.3 Å². The van der Waals surface area contributed by atoms with Crippen LogP contribution in [0.1, 0.15) is 32.6 Å². The molecule has 1 heterocycles. The minimum absolute atomic E-state index is 0.573. The molecule has 1 saturated heterocycles. The molecule has 0 aromatic rings. The van der Waals surface area contributed by atoms with Crippen molar-refractivity contribution in [3.63, 3.8) is 0 Å². The van der Waals surface area contributed by atoms with Crippen molar-refractivity contribution in [2.45, 2.75) is 38.6 Å². The topological polar surface area (TPSA) is 24.5 Å². The molecule has 1 aliphatic heterocycles. The summed E-state index contributed by atoms with van der Waals surface area (Å²) in [5, 5.41) is 3.47. The normalized spacial score (nSPS) is 31.4. The Morgan fingerprint density at radius 1 is 1.29 bits per heavy atom. The van der Waals surface area contributed by atoms with Gasteiger partial charge in [0.25, 0.3) is 0 Å². The Hall–Kier alpha value is -0.120. The van der Waals surface area contributed by atoms with Gasteiger partial charge >= 0.3 is 0 Å². The van der Waals surface area contributed by atoms with E-state index in [0.717, 1.165) is 31.5 Å². The van der Waals surface area contributed by atoms with E-state index in [1.54, 1.807) is 0 Å². The van der Waals surface area contributed by atoms with Gasteiger partial charge in [-0.25, -0.2) is 0 Å². The zero-order valence-electron chi connectivity index (χ0n) is 11.5. The number of hydrogen-bond acceptors (Lipinski definition) is 3. The van der Waals surface area contributed by atoms with Crippen molar-refractivity contribution >= 4 is 0 Å². The molecule has 3 unspecified atom stereocenters. The van der Waals surface area contributed by atoms with E-state index in [2.05, 4.69) is 17.1 Å². The van der Waals surface area contributed by atoms with E-state index in [0.29, 0.717) is 6.04 Å². The van der Waals surface area contributed by atoms with Crippen LogP contribution in [0, 0.1) is 11.8 Å². The van der Waals surface area contributed by atoms with Crippen molar-refractivity contribution in [2.24, 2.45) is 11.8 Å². The molecule has 2 aliphatic rings. The lowest BCUT2D eigenvalue weighted by molar-refractivity contribution is 0.0204. The third kappa shape index (κ3) is 3.67. The molecule has 1 aliphatic carbocycles. The standard InChI is InChI=1S/C14H28N2O/c1-3-15-8-14(11-17-2)16-9-12-5-4-6-13(7-12)10-16/h12-15H,3-11H2,1-2H3. The monoisotopic (exact) mass is 240 g/mol. The SMILES string of the molecule is CCNCC(COC)N1CC2CCCC(C2)C1. The molecule has 100 valence electrons. The Kier molecular flexibility index (Phi) is 5.26. The van der Waals surface area contributed by atoms with Crippen molar-refractivity contribution < 1.29 is 4.74 Å². The zero-order valence-corrected chi connectivity index (χ0v) is 11.5. The largest absolute Gasteiger partial charge is 0.383 e. The first-order valence-electron chi connectivity index (χ1n) is 7.27. The van der Waals surface area contributed by atoms with E-state index >= 15 is 0 Å². The molecule has 17 heavy (non-hydrogen) atoms. The maximum absolute atomic E-state index is 5.39. The lowest BCUT2D eigenvalue weighted by atomic mass is 9.77. The predicted octanol–water partition coefficient (Wildman–Crippen LogP) is 1.73. The highest BCUT2D eigenvalue weighted by atomic mass is 16.5. The van der Waals surface area contributed by atoms with Crippen LogP contribution in [0.25, 0.3) is 0 Å². The van der Waals surface area contributed by atoms with Crippen LogP contribution < -0.4 is 5.32 Å². The maximum atomic E-state index is 5.39. The highest BCUT2D eigenvalue weighted by molar-refractivity contribution is 4.87. The Morgan fingerprint density at radius 3 is 2.59 bits per heavy atom. The van der Waals surface area contributed by atoms with Gasteiger partial charge in [0, 0.05) is 32.8 Å². The van der Waals surface area contributed by atoms with Crippen LogP contribution in [-0.4, -0.2) is 50.8 Å². The van der Waals surface area contributed by atoms with Crippen molar-refractivity contribution in [2.75, 3.05) is 39.9 Å². The molecule has 2 rings (SSSR count). The van der Waals surface area contributed by atoms with Gasteiger partial charge in [0.1, 0.15) is 0 Å². The highest BCUT2D eigenvalue weighted by Gasteiger charge is 2.33. The molecule has 3 heteroatoms. The highest BCUT2D eigenvalue weighted by Crippen LogP contribution is 2.34. The average molecular weight is 240 g/mol. The summed E-state index contributed by atoms with van der Waals surface area (Å²) in [4.78, 5) is 2.68. The van der Waals surface area contributed by atoms with Gasteiger partial charge in [0.15, 0.2) is 0 Å². The van der Waals surface area contributed by atoms with Crippen LogP contribution in [0.2, 0.25) is 0 Å². The Balaban J connectivity index is 1.88. The van der Waals surface area contributed by atoms with Crippen LogP contribution in [-0.2, 0) is 4.74 Å². The van der Waals surface area contributed by atoms with Gasteiger partial charge in [0.05, 0.1) is 6.61 Å². The molecule has 3 atom stereocenters. The molecule has 0 aromatic heterocycles. The number of likely N-dealkylation sites (tertiary alicyclic amines) is 1. The van der Waals surface area contributed by atoms with Crippen LogP contribution in [0.5, 0.6) is 0 Å². The van der Waals surface area contributed by atoms with E-state index in [1.807, 2.05) is 7.11 Å². The summed E-state index contributed by atoms with van der Waals surface area (Å²) in [6.07, 6.45) is 5.85. The summed E-state index contributed by atoms with van der Waals surface area (Å²) < 4.78 is 5.39. The number of hydrogen-bond donors (Lipinski definition) is 1. The van der Waals surface area contributed by atoms with Crippen molar-refractivity contribution in [1.29, 1.82) is 0 Å². The van der Waals surface area contributed by atoms with Crippen molar-refractivity contribution in [3.8, 4) is 0 Å². The summed E-state index contributed by atoms with van der Waals surface area (Å²) >= 11 is 0. The first-order valence-corrected chi connectivity index (χ1v) is 7.27. The Bertz CT molecular complexity index is 210. The van der Waals surface area contributed by atoms with Crippen LogP contribution in [0.15, 0.2) is 0 Å². The number of ether oxygens (including phenoxy) is 1. The number of methoxy groups -OCH3 is 1. The molecule has 0 amide bonds. The Morgan fingerprint density at radius 2 is 2.00 bits per heavy atom. The molecular formula is C14H28N2O. The molecule has 2 bridgehead atoms. The number of nitrogens with zero attached hydrogens (tertiary/aromatic N) is 1. The fourth-order valence-electron chi connectivity index (χ4n) is 3.57. The van der Waals surface area contributed by atoms with Crippen molar-refractivity contribution in [3.05, 3.63) is 0 Å². The van der Waals surface area contributed by atoms with Gasteiger partial charge in [-0.05, 0) is 37.6 Å². The summed E-state index contributed by atoms with van der Waals surface area (Å²) in [6, 6.07) is 0.573. The van der Waals surface area contributed by atoms with E-state index in [4.69, 9.17) is 4.74 Å². The van der Waals surface area contributed by atoms with Gasteiger partial charge in [-0.2, -0.15) is 0 Å². The molecule has 1 N–H and O–H groups in total. The zero-order chi connectivity index (χ0) is 12.1. The smallest absolute Gasteiger partial charge is 0.0630 e. The second-order valence-corrected chi connectivity index (χ2v) is 5.77. The molecule has 0 radical (unpaired) electrons. The third-order valence-electron chi connectivity index (χ3n) is 4.38. The molecule has 3 nitrogen and oxygen atoms in total. The Labute approximate surface area is 106 Å². The maximum Gasteiger partial charge on any atom is 0.0630 e. The minimum atomic E-state index is 0.573. The predicted molar refractivity (Wildman–Crippen MR) is 71.2 cm³/mol. The summed E-state index contributed by atoms with van der Waals surface area (Å²) in [5.74, 6) is 1.92. The van der Waals surface area contributed by atoms with E-state index in [9.17, 15) is 0 Å². The van der Waals surface area contributed by atoms with E-state index < -0.39 is 0 Å². The second-order valence-electron chi connectivity index (χ2n) is 5.77. The molecular weight excluding hydrogens is 212 g/mol. The minimum Gasteiger partial charge on any atom is -0.383 e. The van der Waals surface area contributed by atoms with Crippen LogP contribution >= 0.6 is 0 Å². The molecule has 0 spiro atoms. The number of rotatable bonds is 6. The average Bonchev–Trinajstić information content (AvgIpc) is 2.34. The van der Waals surface area contributed by atoms with Gasteiger partial charge < -0.3 is 10.1 Å². The fraction of sp³-hybridized carbons (Fsp3) is 1.00. The lowest BCUT2D eigenvalue weighted by Crippen LogP contribution is -2.52.